The van der Waals surface area contributed by atoms with E-state index in [0.29, 0.717) is 19.4 Å². The van der Waals surface area contributed by atoms with E-state index in [1.54, 1.807) is 34.6 Å². The number of aliphatic hydroxyl groups is 1. The molecule has 124 valence electrons. The van der Waals surface area contributed by atoms with Crippen LogP contribution in [0.2, 0.25) is 0 Å². The molecular formula is C11H28O7P2. The maximum Gasteiger partial charge on any atom is 0.355 e. The first kappa shape index (κ1) is 22.5. The fourth-order valence-electron chi connectivity index (χ4n) is 1.13. The lowest BCUT2D eigenvalue weighted by Crippen LogP contribution is -1.98. The molecule has 1 N–H and O–H groups in total. The van der Waals surface area contributed by atoms with Crippen molar-refractivity contribution in [2.24, 2.45) is 0 Å². The molecule has 0 aromatic carbocycles. The maximum atomic E-state index is 11.3. The van der Waals surface area contributed by atoms with Gasteiger partial charge in [-0.3, -0.25) is 9.13 Å². The fourth-order valence-corrected chi connectivity index (χ4v) is 3.38. The van der Waals surface area contributed by atoms with Crippen molar-refractivity contribution in [3.63, 3.8) is 0 Å². The first-order valence-corrected chi connectivity index (χ1v) is 10.2. The summed E-state index contributed by atoms with van der Waals surface area (Å²) >= 11 is 0. The van der Waals surface area contributed by atoms with Gasteiger partial charge < -0.3 is 23.2 Å². The van der Waals surface area contributed by atoms with Gasteiger partial charge >= 0.3 is 15.2 Å². The van der Waals surface area contributed by atoms with Crippen molar-refractivity contribution in [2.45, 2.75) is 34.6 Å². The van der Waals surface area contributed by atoms with Crippen molar-refractivity contribution in [1.82, 2.24) is 0 Å². The molecule has 9 heteroatoms. The zero-order chi connectivity index (χ0) is 16.1. The van der Waals surface area contributed by atoms with Gasteiger partial charge in [-0.15, -0.1) is 0 Å². The Labute approximate surface area is 122 Å². The van der Waals surface area contributed by atoms with Gasteiger partial charge in [-0.2, -0.15) is 0 Å². The number of rotatable bonds is 10. The summed E-state index contributed by atoms with van der Waals surface area (Å²) < 4.78 is 41.7. The molecule has 0 aliphatic rings. The fraction of sp³-hybridized carbons (Fsp3) is 1.00. The molecule has 7 nitrogen and oxygen atoms in total. The van der Waals surface area contributed by atoms with Gasteiger partial charge in [0.15, 0.2) is 0 Å². The van der Waals surface area contributed by atoms with E-state index in [4.69, 9.17) is 23.2 Å². The van der Waals surface area contributed by atoms with E-state index in [0.717, 1.165) is 0 Å². The highest BCUT2D eigenvalue weighted by atomic mass is 31.2. The highest BCUT2D eigenvalue weighted by Gasteiger charge is 2.21. The minimum absolute atomic E-state index is 0.290. The molecule has 0 unspecified atom stereocenters. The van der Waals surface area contributed by atoms with Crippen molar-refractivity contribution < 1.29 is 32.3 Å². The summed E-state index contributed by atoms with van der Waals surface area (Å²) in [7, 11) is -5.84. The highest BCUT2D eigenvalue weighted by Crippen LogP contribution is 2.47. The van der Waals surface area contributed by atoms with Crippen LogP contribution in [0.1, 0.15) is 34.6 Å². The molecular weight excluding hydrogens is 306 g/mol. The summed E-state index contributed by atoms with van der Waals surface area (Å²) in [6.45, 7) is 10.3. The van der Waals surface area contributed by atoms with Gasteiger partial charge in [0.1, 0.15) is 6.35 Å². The van der Waals surface area contributed by atoms with Crippen LogP contribution in [0.25, 0.3) is 0 Å². The number of hydrogen-bond donors (Lipinski definition) is 1. The lowest BCUT2D eigenvalue weighted by molar-refractivity contribution is 0.191. The molecule has 0 rings (SSSR count). The van der Waals surface area contributed by atoms with E-state index in [9.17, 15) is 9.13 Å². The molecule has 0 aromatic rings. The van der Waals surface area contributed by atoms with Crippen LogP contribution in [0.5, 0.6) is 0 Å². The third kappa shape index (κ3) is 11.0. The third-order valence-corrected chi connectivity index (χ3v) is 5.59. The molecule has 0 aromatic heterocycles. The Kier molecular flexibility index (Phi) is 14.6. The molecule has 0 saturated carbocycles. The molecule has 0 bridgehead atoms. The number of hydrogen-bond acceptors (Lipinski definition) is 7. The smallest absolute Gasteiger partial charge is 0.355 e. The van der Waals surface area contributed by atoms with E-state index in [1.165, 1.54) is 0 Å². The first-order valence-electron chi connectivity index (χ1n) is 6.73. The molecule has 0 fully saturated rings. The second kappa shape index (κ2) is 13.0. The van der Waals surface area contributed by atoms with Gasteiger partial charge in [-0.05, 0) is 27.7 Å². The molecule has 20 heavy (non-hydrogen) atoms. The largest absolute Gasteiger partial charge is 0.384 e. The van der Waals surface area contributed by atoms with E-state index in [1.807, 2.05) is 0 Å². The maximum absolute atomic E-state index is 11.3. The molecule has 0 aliphatic heterocycles. The van der Waals surface area contributed by atoms with Crippen molar-refractivity contribution in [2.75, 3.05) is 38.9 Å². The van der Waals surface area contributed by atoms with E-state index in [-0.39, 0.29) is 13.2 Å². The summed E-state index contributed by atoms with van der Waals surface area (Å²) in [4.78, 5) is 0. The molecule has 0 amide bonds. The second-order valence-electron chi connectivity index (χ2n) is 3.35. The van der Waals surface area contributed by atoms with Crippen LogP contribution in [-0.4, -0.2) is 44.0 Å². The minimum Gasteiger partial charge on any atom is -0.384 e. The Hall–Kier alpha value is 0.260. The zero-order valence-electron chi connectivity index (χ0n) is 13.0. The van der Waals surface area contributed by atoms with Crippen LogP contribution < -0.4 is 0 Å². The lowest BCUT2D eigenvalue weighted by atomic mass is 10.9. The quantitative estimate of drug-likeness (QED) is 0.612. The van der Waals surface area contributed by atoms with Crippen molar-refractivity contribution in [1.29, 1.82) is 0 Å². The van der Waals surface area contributed by atoms with Gasteiger partial charge in [0.25, 0.3) is 0 Å². The predicted octanol–water partition coefficient (Wildman–Crippen LogP) is 3.47. The second-order valence-corrected chi connectivity index (χ2v) is 7.74. The van der Waals surface area contributed by atoms with Gasteiger partial charge in [0, 0.05) is 6.16 Å². The van der Waals surface area contributed by atoms with Crippen molar-refractivity contribution in [3.05, 3.63) is 0 Å². The molecule has 0 saturated heterocycles. The van der Waals surface area contributed by atoms with Crippen LogP contribution >= 0.6 is 15.2 Å². The van der Waals surface area contributed by atoms with Crippen molar-refractivity contribution in [3.8, 4) is 0 Å². The van der Waals surface area contributed by atoms with Gasteiger partial charge in [0.2, 0.25) is 0 Å². The van der Waals surface area contributed by atoms with Crippen LogP contribution in [0, 0.1) is 0 Å². The minimum atomic E-state index is -3.14. The van der Waals surface area contributed by atoms with Crippen molar-refractivity contribution >= 4 is 15.2 Å². The zero-order valence-corrected chi connectivity index (χ0v) is 14.8. The molecule has 0 atom stereocenters. The highest BCUT2D eigenvalue weighted by molar-refractivity contribution is 7.53. The average Bonchev–Trinajstić information content (AvgIpc) is 2.41. The van der Waals surface area contributed by atoms with E-state index in [2.05, 4.69) is 0 Å². The van der Waals surface area contributed by atoms with Gasteiger partial charge in [0.05, 0.1) is 26.4 Å². The summed E-state index contributed by atoms with van der Waals surface area (Å²) in [5.74, 6) is 0. The van der Waals surface area contributed by atoms with Gasteiger partial charge in [-0.1, -0.05) is 6.92 Å². The Morgan fingerprint density at radius 1 is 0.700 bits per heavy atom. The van der Waals surface area contributed by atoms with Crippen LogP contribution in [-0.2, 0) is 27.2 Å². The Balaban J connectivity index is 0. The van der Waals surface area contributed by atoms with E-state index >= 15 is 0 Å². The van der Waals surface area contributed by atoms with Gasteiger partial charge in [-0.25, -0.2) is 0 Å². The number of aliphatic hydroxyl groups excluding tert-OH is 1. The normalized spacial score (nSPS) is 11.9. The molecule has 0 heterocycles. The molecule has 0 aliphatic carbocycles. The third-order valence-electron chi connectivity index (χ3n) is 1.86. The first-order chi connectivity index (χ1) is 9.36. The van der Waals surface area contributed by atoms with E-state index < -0.39 is 21.5 Å². The molecule has 0 radical (unpaired) electrons. The SMILES string of the molecule is CCOP(=O)(CC)OCC.CCOP(=O)(CO)OCC. The summed E-state index contributed by atoms with van der Waals surface area (Å²) in [6.07, 6.45) is -0.0939. The standard InChI is InChI=1S/C6H15O3P.C5H13O4P/c1-4-8-10(7,6-3)9-5-2;1-3-8-10(7,5-6)9-4-2/h4-6H2,1-3H3;6H,3-5H2,1-2H3. The summed E-state index contributed by atoms with van der Waals surface area (Å²) in [6, 6.07) is 0. The Morgan fingerprint density at radius 3 is 1.20 bits per heavy atom. The summed E-state index contributed by atoms with van der Waals surface area (Å²) in [5.41, 5.74) is 0. The lowest BCUT2D eigenvalue weighted by Gasteiger charge is -2.13. The predicted molar refractivity (Wildman–Crippen MR) is 79.3 cm³/mol. The Morgan fingerprint density at radius 2 is 1.00 bits per heavy atom. The monoisotopic (exact) mass is 334 g/mol. The Bertz CT molecular complexity index is 259. The van der Waals surface area contributed by atoms with Crippen LogP contribution in [0.15, 0.2) is 0 Å². The topological polar surface area (TPSA) is 91.3 Å². The van der Waals surface area contributed by atoms with Crippen LogP contribution in [0.3, 0.4) is 0 Å². The molecule has 0 spiro atoms. The average molecular weight is 334 g/mol. The summed E-state index contributed by atoms with van der Waals surface area (Å²) in [5, 5.41) is 8.53. The van der Waals surface area contributed by atoms with Crippen LogP contribution in [0.4, 0.5) is 0 Å².